The van der Waals surface area contributed by atoms with E-state index in [1.54, 1.807) is 17.0 Å². The summed E-state index contributed by atoms with van der Waals surface area (Å²) in [7, 11) is 0. The van der Waals surface area contributed by atoms with Crippen LogP contribution in [0.3, 0.4) is 0 Å². The number of rotatable bonds is 5. The third kappa shape index (κ3) is 4.19. The Kier molecular flexibility index (Phi) is 5.88. The molecule has 1 heterocycles. The van der Waals surface area contributed by atoms with Gasteiger partial charge in [0.1, 0.15) is 0 Å². The Morgan fingerprint density at radius 2 is 1.56 bits per heavy atom. The molecule has 0 radical (unpaired) electrons. The van der Waals surface area contributed by atoms with Crippen molar-refractivity contribution < 1.29 is 19.5 Å². The number of carbonyl (C=O) groups is 3. The molecule has 5 rings (SSSR count). The molecule has 3 aromatic carbocycles. The van der Waals surface area contributed by atoms with Crippen LogP contribution in [-0.2, 0) is 11.2 Å². The molecule has 1 aliphatic carbocycles. The van der Waals surface area contributed by atoms with Gasteiger partial charge in [-0.1, -0.05) is 55.0 Å². The van der Waals surface area contributed by atoms with Crippen LogP contribution in [0.4, 0.5) is 16.2 Å². The Morgan fingerprint density at radius 1 is 0.853 bits per heavy atom. The fourth-order valence-electron chi connectivity index (χ4n) is 5.12. The van der Waals surface area contributed by atoms with E-state index in [4.69, 9.17) is 0 Å². The fourth-order valence-corrected chi connectivity index (χ4v) is 5.12. The first-order valence-electron chi connectivity index (χ1n) is 11.7. The number of urea groups is 1. The van der Waals surface area contributed by atoms with Gasteiger partial charge in [0.05, 0.1) is 5.92 Å². The highest BCUT2D eigenvalue weighted by Crippen LogP contribution is 2.36. The van der Waals surface area contributed by atoms with E-state index >= 15 is 0 Å². The number of anilines is 2. The molecule has 2 unspecified atom stereocenters. The lowest BCUT2D eigenvalue weighted by Crippen LogP contribution is -2.33. The van der Waals surface area contributed by atoms with Gasteiger partial charge in [0.2, 0.25) is 0 Å². The third-order valence-electron chi connectivity index (χ3n) is 6.92. The molecule has 6 heteroatoms. The summed E-state index contributed by atoms with van der Waals surface area (Å²) < 4.78 is 0. The molecule has 1 fully saturated rings. The zero-order valence-electron chi connectivity index (χ0n) is 18.7. The van der Waals surface area contributed by atoms with Gasteiger partial charge in [0.25, 0.3) is 0 Å². The fraction of sp³-hybridized carbons (Fsp3) is 0.250. The molecule has 0 bridgehead atoms. The molecule has 2 amide bonds. The van der Waals surface area contributed by atoms with Gasteiger partial charge in [-0.25, -0.2) is 4.79 Å². The molecule has 0 saturated heterocycles. The number of ketones is 1. The average molecular weight is 455 g/mol. The lowest BCUT2D eigenvalue weighted by molar-refractivity contribution is -0.142. The van der Waals surface area contributed by atoms with E-state index in [9.17, 15) is 19.5 Å². The number of nitrogens with zero attached hydrogens (tertiary/aromatic N) is 1. The van der Waals surface area contributed by atoms with E-state index in [1.807, 2.05) is 54.6 Å². The highest BCUT2D eigenvalue weighted by molar-refractivity contribution is 6.03. The van der Waals surface area contributed by atoms with Crippen molar-refractivity contribution >= 4 is 29.2 Å². The predicted molar refractivity (Wildman–Crippen MR) is 131 cm³/mol. The summed E-state index contributed by atoms with van der Waals surface area (Å²) in [5, 5.41) is 12.3. The monoisotopic (exact) mass is 454 g/mol. The smallest absolute Gasteiger partial charge is 0.326 e. The topological polar surface area (TPSA) is 86.7 Å². The number of benzene rings is 3. The minimum Gasteiger partial charge on any atom is -0.481 e. The van der Waals surface area contributed by atoms with Gasteiger partial charge >= 0.3 is 12.0 Å². The zero-order chi connectivity index (χ0) is 23.7. The molecule has 172 valence electrons. The summed E-state index contributed by atoms with van der Waals surface area (Å²) >= 11 is 0. The summed E-state index contributed by atoms with van der Waals surface area (Å²) in [5.41, 5.74) is 5.34. The molecule has 2 atom stereocenters. The number of fused-ring (bicyclic) bond motifs is 1. The maximum absolute atomic E-state index is 12.9. The summed E-state index contributed by atoms with van der Waals surface area (Å²) in [5.74, 6) is -1.97. The Hall–Kier alpha value is -3.93. The van der Waals surface area contributed by atoms with Gasteiger partial charge in [-0.05, 0) is 60.2 Å². The van der Waals surface area contributed by atoms with Crippen molar-refractivity contribution in [3.63, 3.8) is 0 Å². The van der Waals surface area contributed by atoms with Crippen molar-refractivity contribution in [2.24, 2.45) is 11.8 Å². The Bertz CT molecular complexity index is 1240. The zero-order valence-corrected chi connectivity index (χ0v) is 18.7. The molecule has 0 aromatic heterocycles. The standard InChI is InChI=1S/C28H26N2O4/c31-26(23-7-4-8-24(23)27(32)33)19-11-9-18(10-12-19)20-13-14-25-21(17-20)15-16-30(25)28(34)29-22-5-2-1-3-6-22/h1-3,5-6,9-14,17,23-24H,4,7-8,15-16H2,(H,29,34)(H,32,33). The van der Waals surface area contributed by atoms with Gasteiger partial charge in [0, 0.05) is 29.4 Å². The summed E-state index contributed by atoms with van der Waals surface area (Å²) in [6.45, 7) is 0.622. The second-order valence-electron chi connectivity index (χ2n) is 8.97. The van der Waals surface area contributed by atoms with Crippen molar-refractivity contribution in [1.29, 1.82) is 0 Å². The average Bonchev–Trinajstić information content (AvgIpc) is 3.51. The molecule has 6 nitrogen and oxygen atoms in total. The number of carboxylic acids is 1. The normalized spacial score (nSPS) is 19.0. The summed E-state index contributed by atoms with van der Waals surface area (Å²) in [6, 6.07) is 22.7. The predicted octanol–water partition coefficient (Wildman–Crippen LogP) is 5.63. The number of nitrogens with one attached hydrogen (secondary N) is 1. The van der Waals surface area contributed by atoms with Crippen molar-refractivity contribution in [2.75, 3.05) is 16.8 Å². The minimum absolute atomic E-state index is 0.0783. The Morgan fingerprint density at radius 3 is 2.29 bits per heavy atom. The van der Waals surface area contributed by atoms with Gasteiger partial charge in [-0.2, -0.15) is 0 Å². The first-order chi connectivity index (χ1) is 16.5. The highest BCUT2D eigenvalue weighted by atomic mass is 16.4. The Balaban J connectivity index is 1.30. The lowest BCUT2D eigenvalue weighted by atomic mass is 9.88. The maximum Gasteiger partial charge on any atom is 0.326 e. The molecule has 3 aromatic rings. The summed E-state index contributed by atoms with van der Waals surface area (Å²) in [4.78, 5) is 38.9. The van der Waals surface area contributed by atoms with Crippen LogP contribution in [0, 0.1) is 11.8 Å². The molecular formula is C28H26N2O4. The number of hydrogen-bond donors (Lipinski definition) is 2. The van der Waals surface area contributed by atoms with Crippen LogP contribution in [-0.4, -0.2) is 29.4 Å². The second kappa shape index (κ2) is 9.14. The number of hydrogen-bond acceptors (Lipinski definition) is 3. The first-order valence-corrected chi connectivity index (χ1v) is 11.7. The van der Waals surface area contributed by atoms with Crippen LogP contribution in [0.2, 0.25) is 0 Å². The highest BCUT2D eigenvalue weighted by Gasteiger charge is 2.38. The molecule has 1 saturated carbocycles. The van der Waals surface area contributed by atoms with Crippen LogP contribution in [0.1, 0.15) is 35.2 Å². The van der Waals surface area contributed by atoms with Crippen LogP contribution in [0.5, 0.6) is 0 Å². The van der Waals surface area contributed by atoms with Gasteiger partial charge in [-0.3, -0.25) is 14.5 Å². The third-order valence-corrected chi connectivity index (χ3v) is 6.92. The molecule has 0 spiro atoms. The van der Waals surface area contributed by atoms with Gasteiger partial charge in [0.15, 0.2) is 5.78 Å². The van der Waals surface area contributed by atoms with E-state index in [2.05, 4.69) is 11.4 Å². The number of para-hydroxylation sites is 1. The molecule has 2 aliphatic rings. The molecule has 2 N–H and O–H groups in total. The van der Waals surface area contributed by atoms with Gasteiger partial charge < -0.3 is 10.4 Å². The van der Waals surface area contributed by atoms with E-state index < -0.39 is 17.8 Å². The number of Topliss-reactive ketones (excluding diaryl/α,β-unsaturated/α-hetero) is 1. The van der Waals surface area contributed by atoms with Crippen molar-refractivity contribution in [2.45, 2.75) is 25.7 Å². The first kappa shape index (κ1) is 21.9. The maximum atomic E-state index is 12.9. The van der Waals surface area contributed by atoms with E-state index in [-0.39, 0.29) is 11.8 Å². The molecule has 34 heavy (non-hydrogen) atoms. The van der Waals surface area contributed by atoms with Crippen LogP contribution >= 0.6 is 0 Å². The van der Waals surface area contributed by atoms with Crippen molar-refractivity contribution in [1.82, 2.24) is 0 Å². The SMILES string of the molecule is O=C(O)C1CCCC1C(=O)c1ccc(-c2ccc3c(c2)CCN3C(=O)Nc2ccccc2)cc1. The van der Waals surface area contributed by atoms with Crippen LogP contribution < -0.4 is 10.2 Å². The molecular weight excluding hydrogens is 428 g/mol. The van der Waals surface area contributed by atoms with Crippen LogP contribution in [0.25, 0.3) is 11.1 Å². The van der Waals surface area contributed by atoms with E-state index in [1.165, 1.54) is 0 Å². The van der Waals surface area contributed by atoms with Crippen LogP contribution in [0.15, 0.2) is 72.8 Å². The number of carbonyl (C=O) groups excluding carboxylic acids is 2. The Labute approximate surface area is 198 Å². The second-order valence-corrected chi connectivity index (χ2v) is 8.97. The number of carboxylic acid groups (broad SMARTS) is 1. The number of amides is 2. The quantitative estimate of drug-likeness (QED) is 0.489. The summed E-state index contributed by atoms with van der Waals surface area (Å²) in [6.07, 6.45) is 2.76. The number of aliphatic carboxylic acids is 1. The van der Waals surface area contributed by atoms with E-state index in [0.717, 1.165) is 40.9 Å². The van der Waals surface area contributed by atoms with Crippen molar-refractivity contribution in [3.8, 4) is 11.1 Å². The largest absolute Gasteiger partial charge is 0.481 e. The molecule has 1 aliphatic heterocycles. The van der Waals surface area contributed by atoms with Crippen molar-refractivity contribution in [3.05, 3.63) is 83.9 Å². The minimum atomic E-state index is -0.878. The lowest BCUT2D eigenvalue weighted by Gasteiger charge is -2.18. The van der Waals surface area contributed by atoms with Gasteiger partial charge in [-0.15, -0.1) is 0 Å². The van der Waals surface area contributed by atoms with E-state index in [0.29, 0.717) is 24.9 Å².